The molecule has 0 spiro atoms. The van der Waals surface area contributed by atoms with E-state index in [1.807, 2.05) is 47.9 Å². The number of furan rings is 1. The fraction of sp³-hybridized carbons (Fsp3) is 0.250. The van der Waals surface area contributed by atoms with Crippen molar-refractivity contribution in [2.24, 2.45) is 0 Å². The van der Waals surface area contributed by atoms with Crippen molar-refractivity contribution >= 4 is 34.0 Å². The minimum absolute atomic E-state index is 0.160. The summed E-state index contributed by atoms with van der Waals surface area (Å²) in [4.78, 5) is 14.0. The van der Waals surface area contributed by atoms with Crippen LogP contribution in [-0.4, -0.2) is 26.4 Å². The Morgan fingerprint density at radius 2 is 2.12 bits per heavy atom. The van der Waals surface area contributed by atoms with Gasteiger partial charge in [-0.15, -0.1) is 21.5 Å². The molecule has 0 aliphatic heterocycles. The Hall–Kier alpha value is -3.35. The summed E-state index contributed by atoms with van der Waals surface area (Å²) < 4.78 is 7.47. The summed E-state index contributed by atoms with van der Waals surface area (Å²) >= 11 is 2.86. The lowest BCUT2D eigenvalue weighted by Gasteiger charge is -2.10. The van der Waals surface area contributed by atoms with Crippen LogP contribution in [0.1, 0.15) is 33.7 Å². The molecule has 33 heavy (non-hydrogen) atoms. The van der Waals surface area contributed by atoms with Gasteiger partial charge in [-0.3, -0.25) is 9.36 Å². The predicted octanol–water partition coefficient (Wildman–Crippen LogP) is 5.05. The van der Waals surface area contributed by atoms with Crippen LogP contribution < -0.4 is 5.32 Å². The molecule has 1 amide bonds. The molecule has 0 bridgehead atoms. The van der Waals surface area contributed by atoms with Crippen molar-refractivity contribution in [2.75, 3.05) is 11.1 Å². The topological polar surface area (TPSA) is 96.7 Å². The molecule has 1 aliphatic rings. The van der Waals surface area contributed by atoms with Crippen LogP contribution in [0.25, 0.3) is 11.4 Å². The number of anilines is 1. The molecule has 0 saturated heterocycles. The van der Waals surface area contributed by atoms with Crippen molar-refractivity contribution in [3.63, 3.8) is 0 Å². The molecular weight excluding hydrogens is 454 g/mol. The van der Waals surface area contributed by atoms with E-state index in [4.69, 9.17) is 4.42 Å². The minimum atomic E-state index is -0.160. The van der Waals surface area contributed by atoms with Gasteiger partial charge in [0, 0.05) is 4.88 Å². The second kappa shape index (κ2) is 9.25. The molecule has 0 atom stereocenters. The lowest BCUT2D eigenvalue weighted by Crippen LogP contribution is -2.15. The van der Waals surface area contributed by atoms with Crippen LogP contribution in [0.3, 0.4) is 0 Å². The number of aryl methyl sites for hydroxylation is 2. The quantitative estimate of drug-likeness (QED) is 0.376. The maximum absolute atomic E-state index is 12.7. The summed E-state index contributed by atoms with van der Waals surface area (Å²) in [7, 11) is 0. The van der Waals surface area contributed by atoms with Gasteiger partial charge in [-0.2, -0.15) is 5.26 Å². The third-order valence-electron chi connectivity index (χ3n) is 5.62. The molecule has 0 radical (unpaired) electrons. The number of thioether (sulfide) groups is 1. The summed E-state index contributed by atoms with van der Waals surface area (Å²) in [6, 6.07) is 14.2. The molecule has 9 heteroatoms. The number of carbonyl (C=O) groups excluding carboxylic acids is 1. The van der Waals surface area contributed by atoms with E-state index < -0.39 is 0 Å². The van der Waals surface area contributed by atoms with Crippen LogP contribution in [0.15, 0.2) is 52.2 Å². The van der Waals surface area contributed by atoms with Gasteiger partial charge in [0.15, 0.2) is 11.0 Å². The lowest BCUT2D eigenvalue weighted by molar-refractivity contribution is -0.113. The molecule has 1 aromatic carbocycles. The van der Waals surface area contributed by atoms with Crippen molar-refractivity contribution in [3.8, 4) is 17.5 Å². The SMILES string of the molecule is Cc1occc1-c1nnc(SCC(=O)Nc2sc3c(c2C#N)CCC3)n1Cc1ccccc1. The van der Waals surface area contributed by atoms with Crippen molar-refractivity contribution in [1.82, 2.24) is 14.8 Å². The molecule has 4 aromatic rings. The number of benzene rings is 1. The summed E-state index contributed by atoms with van der Waals surface area (Å²) in [5, 5.41) is 22.6. The Morgan fingerprint density at radius 3 is 2.88 bits per heavy atom. The number of amides is 1. The minimum Gasteiger partial charge on any atom is -0.469 e. The Labute approximate surface area is 199 Å². The Kier molecular flexibility index (Phi) is 6.03. The summed E-state index contributed by atoms with van der Waals surface area (Å²) in [5.41, 5.74) is 3.71. The zero-order valence-corrected chi connectivity index (χ0v) is 19.6. The van der Waals surface area contributed by atoms with Crippen LogP contribution >= 0.6 is 23.1 Å². The molecular formula is C24H21N5O2S2. The molecule has 5 rings (SSSR count). The summed E-state index contributed by atoms with van der Waals surface area (Å²) in [6.45, 7) is 2.47. The third kappa shape index (κ3) is 4.32. The lowest BCUT2D eigenvalue weighted by atomic mass is 10.1. The van der Waals surface area contributed by atoms with Gasteiger partial charge in [0.2, 0.25) is 5.91 Å². The van der Waals surface area contributed by atoms with Crippen molar-refractivity contribution in [2.45, 2.75) is 37.9 Å². The van der Waals surface area contributed by atoms with Crippen molar-refractivity contribution in [1.29, 1.82) is 5.26 Å². The van der Waals surface area contributed by atoms with Crippen LogP contribution in [-0.2, 0) is 24.2 Å². The van der Waals surface area contributed by atoms with Crippen molar-refractivity contribution in [3.05, 3.63) is 70.0 Å². The van der Waals surface area contributed by atoms with Gasteiger partial charge in [0.25, 0.3) is 0 Å². The zero-order chi connectivity index (χ0) is 22.8. The van der Waals surface area contributed by atoms with Crippen LogP contribution in [0.2, 0.25) is 0 Å². The first-order chi connectivity index (χ1) is 16.1. The van der Waals surface area contributed by atoms with Crippen LogP contribution in [0.4, 0.5) is 5.00 Å². The molecule has 0 saturated carbocycles. The Bertz CT molecular complexity index is 1350. The van der Waals surface area contributed by atoms with Gasteiger partial charge in [0.1, 0.15) is 16.8 Å². The maximum Gasteiger partial charge on any atom is 0.235 e. The predicted molar refractivity (Wildman–Crippen MR) is 128 cm³/mol. The van der Waals surface area contributed by atoms with Crippen molar-refractivity contribution < 1.29 is 9.21 Å². The molecule has 1 N–H and O–H groups in total. The number of hydrogen-bond acceptors (Lipinski definition) is 7. The Balaban J connectivity index is 1.35. The van der Waals surface area contributed by atoms with E-state index in [-0.39, 0.29) is 11.7 Å². The summed E-state index contributed by atoms with van der Waals surface area (Å²) in [5.74, 6) is 1.48. The number of fused-ring (bicyclic) bond motifs is 1. The van der Waals surface area contributed by atoms with Gasteiger partial charge in [-0.1, -0.05) is 42.1 Å². The number of hydrogen-bond donors (Lipinski definition) is 1. The van der Waals surface area contributed by atoms with E-state index in [1.165, 1.54) is 28.0 Å². The molecule has 3 heterocycles. The first-order valence-electron chi connectivity index (χ1n) is 10.6. The highest BCUT2D eigenvalue weighted by Crippen LogP contribution is 2.38. The second-order valence-corrected chi connectivity index (χ2v) is 9.83. The largest absolute Gasteiger partial charge is 0.469 e. The molecule has 7 nitrogen and oxygen atoms in total. The normalized spacial score (nSPS) is 12.5. The number of nitrogens with one attached hydrogen (secondary N) is 1. The highest BCUT2D eigenvalue weighted by atomic mass is 32.2. The number of nitrogens with zero attached hydrogens (tertiary/aromatic N) is 4. The average molecular weight is 476 g/mol. The zero-order valence-electron chi connectivity index (χ0n) is 18.0. The number of aromatic nitrogens is 3. The van der Waals surface area contributed by atoms with E-state index in [2.05, 4.69) is 21.6 Å². The van der Waals surface area contributed by atoms with E-state index in [0.29, 0.717) is 28.1 Å². The van der Waals surface area contributed by atoms with Gasteiger partial charge in [-0.05, 0) is 43.4 Å². The molecule has 166 valence electrons. The highest BCUT2D eigenvalue weighted by Gasteiger charge is 2.24. The van der Waals surface area contributed by atoms with E-state index in [1.54, 1.807) is 6.26 Å². The van der Waals surface area contributed by atoms with E-state index in [0.717, 1.165) is 41.7 Å². The molecule has 1 aliphatic carbocycles. The monoisotopic (exact) mass is 475 g/mol. The summed E-state index contributed by atoms with van der Waals surface area (Å²) in [6.07, 6.45) is 4.61. The van der Waals surface area contributed by atoms with Gasteiger partial charge in [-0.25, -0.2) is 0 Å². The molecule has 3 aromatic heterocycles. The van der Waals surface area contributed by atoms with Gasteiger partial charge in [0.05, 0.1) is 29.7 Å². The van der Waals surface area contributed by atoms with Crippen LogP contribution in [0.5, 0.6) is 0 Å². The fourth-order valence-corrected chi connectivity index (χ4v) is 6.02. The number of nitriles is 1. The standard InChI is InChI=1S/C24H21N5O2S2/c1-15-17(10-11-31-15)22-27-28-24(29(22)13-16-6-3-2-4-7-16)32-14-21(30)26-23-19(12-25)18-8-5-9-20(18)33-23/h2-4,6-7,10-11H,5,8-9,13-14H2,1H3,(H,26,30). The average Bonchev–Trinajstić information content (AvgIpc) is 3.58. The smallest absolute Gasteiger partial charge is 0.235 e. The first kappa shape index (κ1) is 21.5. The highest BCUT2D eigenvalue weighted by molar-refractivity contribution is 7.99. The fourth-order valence-electron chi connectivity index (χ4n) is 4.02. The van der Waals surface area contributed by atoms with E-state index >= 15 is 0 Å². The number of thiophene rings is 1. The maximum atomic E-state index is 12.7. The van der Waals surface area contributed by atoms with E-state index in [9.17, 15) is 10.1 Å². The second-order valence-electron chi connectivity index (χ2n) is 7.78. The third-order valence-corrected chi connectivity index (χ3v) is 7.79. The first-order valence-corrected chi connectivity index (χ1v) is 12.4. The van der Waals surface area contributed by atoms with Crippen LogP contribution in [0, 0.1) is 18.3 Å². The van der Waals surface area contributed by atoms with Gasteiger partial charge >= 0.3 is 0 Å². The molecule has 0 fully saturated rings. The molecule has 0 unspecified atom stereocenters. The Morgan fingerprint density at radius 1 is 1.27 bits per heavy atom. The number of carbonyl (C=O) groups is 1. The number of rotatable bonds is 7. The van der Waals surface area contributed by atoms with Gasteiger partial charge < -0.3 is 9.73 Å².